The summed E-state index contributed by atoms with van der Waals surface area (Å²) < 4.78 is 36.4. The number of thiazole rings is 1. The van der Waals surface area contributed by atoms with Crippen molar-refractivity contribution in [1.82, 2.24) is 0 Å². The number of rotatable bonds is 7. The van der Waals surface area contributed by atoms with Crippen molar-refractivity contribution < 1.29 is 17.5 Å². The third-order valence-electron chi connectivity index (χ3n) is 5.11. The minimum absolute atomic E-state index is 0.254. The Bertz CT molecular complexity index is 1340. The van der Waals surface area contributed by atoms with Gasteiger partial charge in [0.2, 0.25) is 5.52 Å². The Labute approximate surface area is 201 Å². The zero-order valence-electron chi connectivity index (χ0n) is 17.7. The minimum Gasteiger partial charge on any atom is -0.748 e. The van der Waals surface area contributed by atoms with Crippen LogP contribution in [-0.2, 0) is 16.7 Å². The van der Waals surface area contributed by atoms with Crippen molar-refractivity contribution in [2.75, 3.05) is 11.1 Å². The molecule has 4 rings (SSSR count). The fourth-order valence-corrected chi connectivity index (χ4v) is 6.32. The van der Waals surface area contributed by atoms with Crippen molar-refractivity contribution in [1.29, 1.82) is 0 Å². The molecule has 32 heavy (non-hydrogen) atoms. The molecule has 1 N–H and O–H groups in total. The lowest BCUT2D eigenvalue weighted by Crippen LogP contribution is -2.36. The molecule has 0 amide bonds. The maximum Gasteiger partial charge on any atom is 0.263 e. The van der Waals surface area contributed by atoms with Gasteiger partial charge in [-0.05, 0) is 54.8 Å². The molecule has 168 valence electrons. The maximum absolute atomic E-state index is 11.1. The van der Waals surface area contributed by atoms with Crippen molar-refractivity contribution in [2.24, 2.45) is 0 Å². The van der Waals surface area contributed by atoms with Crippen LogP contribution < -0.4 is 9.88 Å². The van der Waals surface area contributed by atoms with Gasteiger partial charge in [0.1, 0.15) is 4.70 Å². The Morgan fingerprint density at radius 1 is 1.25 bits per heavy atom. The first kappa shape index (κ1) is 23.3. The average Bonchev–Trinajstić information content (AvgIpc) is 3.26. The third-order valence-corrected chi connectivity index (χ3v) is 8.27. The van der Waals surface area contributed by atoms with Gasteiger partial charge in [-0.3, -0.25) is 0 Å². The smallest absolute Gasteiger partial charge is 0.263 e. The first-order chi connectivity index (χ1) is 15.2. The predicted octanol–water partition coefficient (Wildman–Crippen LogP) is 5.94. The number of anilines is 1. The molecule has 0 radical (unpaired) electrons. The molecule has 0 unspecified atom stereocenters. The Balaban J connectivity index is 1.67. The van der Waals surface area contributed by atoms with Crippen LogP contribution >= 0.6 is 34.7 Å². The molecule has 2 heterocycles. The molecule has 1 aliphatic rings. The summed E-state index contributed by atoms with van der Waals surface area (Å²) in [6.45, 7) is 4.62. The fourth-order valence-electron chi connectivity index (χ4n) is 3.56. The van der Waals surface area contributed by atoms with Crippen LogP contribution in [0.4, 0.5) is 5.69 Å². The first-order valence-electron chi connectivity index (χ1n) is 10.2. The van der Waals surface area contributed by atoms with Crippen LogP contribution in [-0.4, -0.2) is 18.7 Å². The fraction of sp³-hybridized carbons (Fsp3) is 0.261. The minimum atomic E-state index is -4.25. The molecule has 0 saturated carbocycles. The summed E-state index contributed by atoms with van der Waals surface area (Å²) in [6.07, 6.45) is 5.38. The zero-order valence-corrected chi connectivity index (χ0v) is 20.9. The van der Waals surface area contributed by atoms with Crippen molar-refractivity contribution in [3.05, 3.63) is 68.7 Å². The quantitative estimate of drug-likeness (QED) is 0.317. The van der Waals surface area contributed by atoms with E-state index in [1.165, 1.54) is 10.5 Å². The lowest BCUT2D eigenvalue weighted by molar-refractivity contribution is -0.668. The van der Waals surface area contributed by atoms with E-state index in [0.29, 0.717) is 11.6 Å². The molecule has 0 saturated heterocycles. The number of aryl methyl sites for hydroxylation is 2. The molecule has 2 aromatic carbocycles. The second-order valence-electron chi connectivity index (χ2n) is 7.63. The van der Waals surface area contributed by atoms with Gasteiger partial charge in [-0.25, -0.2) is 8.42 Å². The van der Waals surface area contributed by atoms with Crippen molar-refractivity contribution in [3.63, 3.8) is 0 Å². The highest BCUT2D eigenvalue weighted by Crippen LogP contribution is 2.41. The van der Waals surface area contributed by atoms with E-state index in [1.54, 1.807) is 23.1 Å². The van der Waals surface area contributed by atoms with Crippen LogP contribution in [0.3, 0.4) is 0 Å². The second-order valence-corrected chi connectivity index (χ2v) is 11.7. The van der Waals surface area contributed by atoms with E-state index in [-0.39, 0.29) is 12.2 Å². The number of hydrogen-bond acceptors (Lipinski definition) is 6. The van der Waals surface area contributed by atoms with Gasteiger partial charge in [0.15, 0.2) is 6.54 Å². The predicted molar refractivity (Wildman–Crippen MR) is 133 cm³/mol. The Morgan fingerprint density at radius 2 is 2.06 bits per heavy atom. The number of hydrogen-bond donors (Lipinski definition) is 1. The second kappa shape index (κ2) is 9.57. The molecule has 0 fully saturated rings. The summed E-state index contributed by atoms with van der Waals surface area (Å²) in [5, 5.41) is 6.18. The Kier molecular flexibility index (Phi) is 6.97. The van der Waals surface area contributed by atoms with Crippen LogP contribution in [0, 0.1) is 6.92 Å². The average molecular weight is 507 g/mol. The number of nitrogens with zero attached hydrogens (tertiary/aromatic N) is 1. The van der Waals surface area contributed by atoms with E-state index in [4.69, 9.17) is 11.6 Å². The van der Waals surface area contributed by atoms with Crippen LogP contribution in [0.2, 0.25) is 5.02 Å². The van der Waals surface area contributed by atoms with Gasteiger partial charge in [-0.2, -0.15) is 4.57 Å². The van der Waals surface area contributed by atoms with Crippen LogP contribution in [0.25, 0.3) is 16.3 Å². The lowest BCUT2D eigenvalue weighted by Gasteiger charge is -2.05. The summed E-state index contributed by atoms with van der Waals surface area (Å²) in [5.74, 6) is -0.385. The number of aromatic nitrogens is 1. The van der Waals surface area contributed by atoms with Gasteiger partial charge < -0.3 is 9.87 Å². The van der Waals surface area contributed by atoms with E-state index in [1.807, 2.05) is 18.2 Å². The summed E-state index contributed by atoms with van der Waals surface area (Å²) >= 11 is 9.56. The molecule has 1 aromatic heterocycles. The highest BCUT2D eigenvalue weighted by molar-refractivity contribution is 8.03. The molecule has 0 atom stereocenters. The van der Waals surface area contributed by atoms with Gasteiger partial charge in [-0.1, -0.05) is 47.7 Å². The standard InChI is InChI=1S/C23H23ClN2O3S3/c1-3-16(12-22-25-18-11-15(2)5-7-20(18)30-22)13-23-26(9-4-10-32(27,28)29)19-14-17(24)6-8-21(19)31-23/h5-8,11-14H,3-4,9-10H2,1-2H3,(H,27,28,29). The summed E-state index contributed by atoms with van der Waals surface area (Å²) in [4.78, 5) is 1.21. The molecular weight excluding hydrogens is 484 g/mol. The molecule has 5 nitrogen and oxygen atoms in total. The summed E-state index contributed by atoms with van der Waals surface area (Å²) in [7, 11) is -4.25. The number of fused-ring (bicyclic) bond motifs is 2. The monoisotopic (exact) mass is 506 g/mol. The van der Waals surface area contributed by atoms with Gasteiger partial charge in [-0.15, -0.1) is 0 Å². The van der Waals surface area contributed by atoms with Gasteiger partial charge >= 0.3 is 0 Å². The first-order valence-corrected chi connectivity index (χ1v) is 13.8. The van der Waals surface area contributed by atoms with Gasteiger partial charge in [0, 0.05) is 34.2 Å². The van der Waals surface area contributed by atoms with Crippen LogP contribution in [0.15, 0.2) is 58.0 Å². The number of halogens is 1. The normalized spacial score (nSPS) is 15.4. The zero-order chi connectivity index (χ0) is 22.9. The number of thioether (sulfide) groups is 1. The highest BCUT2D eigenvalue weighted by atomic mass is 35.5. The highest BCUT2D eigenvalue weighted by Gasteiger charge is 2.21. The Hall–Kier alpha value is -1.84. The van der Waals surface area contributed by atoms with E-state index in [9.17, 15) is 13.0 Å². The van der Waals surface area contributed by atoms with Crippen molar-refractivity contribution in [3.8, 4) is 0 Å². The topological polar surface area (TPSA) is 73.1 Å². The SMILES string of the molecule is CCC(/C=C1/Nc2cc(C)ccc2S1)=C\c1sc2ccc(Cl)cc2[n+]1CCCS(=O)(=O)[O-]. The molecule has 0 aliphatic carbocycles. The van der Waals surface area contributed by atoms with Crippen molar-refractivity contribution >= 4 is 66.8 Å². The van der Waals surface area contributed by atoms with Crippen molar-refractivity contribution in [2.45, 2.75) is 38.1 Å². The van der Waals surface area contributed by atoms with Gasteiger partial charge in [0.25, 0.3) is 5.01 Å². The molecular formula is C23H23ClN2O3S3. The van der Waals surface area contributed by atoms with E-state index < -0.39 is 10.1 Å². The Morgan fingerprint density at radius 3 is 2.81 bits per heavy atom. The largest absolute Gasteiger partial charge is 0.748 e. The van der Waals surface area contributed by atoms with E-state index in [2.05, 4.69) is 54.1 Å². The summed E-state index contributed by atoms with van der Waals surface area (Å²) in [5.41, 5.74) is 4.43. The number of allylic oxidation sites excluding steroid dienone is 2. The third kappa shape index (κ3) is 5.55. The number of nitrogens with one attached hydrogen (secondary N) is 1. The molecule has 1 aliphatic heterocycles. The van der Waals surface area contributed by atoms with Crippen LogP contribution in [0.5, 0.6) is 0 Å². The van der Waals surface area contributed by atoms with Gasteiger partial charge in [0.05, 0.1) is 20.8 Å². The van der Waals surface area contributed by atoms with Crippen LogP contribution in [0.1, 0.15) is 30.3 Å². The maximum atomic E-state index is 11.1. The number of benzene rings is 2. The van der Waals surface area contributed by atoms with E-state index >= 15 is 0 Å². The molecule has 3 aromatic rings. The molecule has 0 bridgehead atoms. The lowest BCUT2D eigenvalue weighted by atomic mass is 10.2. The van der Waals surface area contributed by atoms with E-state index in [0.717, 1.165) is 37.9 Å². The molecule has 0 spiro atoms. The summed E-state index contributed by atoms with van der Waals surface area (Å²) in [6, 6.07) is 12.1. The molecule has 9 heteroatoms.